The van der Waals surface area contributed by atoms with Gasteiger partial charge >= 0.3 is 68.3 Å². The summed E-state index contributed by atoms with van der Waals surface area (Å²) in [6.07, 6.45) is 0. The first-order valence-electron chi connectivity index (χ1n) is 2.58. The Balaban J connectivity index is -0.0000000270. The first kappa shape index (κ1) is 29.4. The van der Waals surface area contributed by atoms with Crippen LogP contribution in [0, 0.1) is 0 Å². The van der Waals surface area contributed by atoms with Crippen molar-refractivity contribution in [2.45, 2.75) is 0 Å². The molecule has 0 amide bonds. The first-order chi connectivity index (χ1) is 5.38. The average molecular weight is 260 g/mol. The molecule has 0 radical (unpaired) electrons. The van der Waals surface area contributed by atoms with Crippen molar-refractivity contribution in [3.63, 3.8) is 0 Å². The van der Waals surface area contributed by atoms with Crippen molar-refractivity contribution in [3.05, 3.63) is 0 Å². The molecule has 0 aromatic rings. The number of hydrogen-bond donors (Lipinski definition) is 4. The van der Waals surface area contributed by atoms with Crippen LogP contribution in [0.15, 0.2) is 0 Å². The third kappa shape index (κ3) is 419. The molecule has 0 fully saturated rings. The minimum atomic E-state index is -3.63. The van der Waals surface area contributed by atoms with Crippen molar-refractivity contribution in [2.24, 2.45) is 11.5 Å². The predicted molar refractivity (Wildman–Crippen MR) is 35.4 cm³/mol. The monoisotopic (exact) mass is 260 g/mol. The molecular formula is C2H10N2Na2O6Si2. The maximum atomic E-state index is 8.74. The molecule has 0 bridgehead atoms. The van der Waals surface area contributed by atoms with Crippen LogP contribution in [0.25, 0.3) is 0 Å². The molecule has 0 heterocycles. The van der Waals surface area contributed by atoms with Crippen molar-refractivity contribution in [1.29, 1.82) is 0 Å². The zero-order chi connectivity index (χ0) is 10.6. The van der Waals surface area contributed by atoms with Crippen molar-refractivity contribution in [3.8, 4) is 0 Å². The zero-order valence-corrected chi connectivity index (χ0v) is 14.1. The van der Waals surface area contributed by atoms with Gasteiger partial charge in [-0.15, -0.1) is 0 Å². The van der Waals surface area contributed by atoms with Crippen LogP contribution < -0.4 is 80.2 Å². The molecule has 0 aliphatic heterocycles. The predicted octanol–water partition coefficient (Wildman–Crippen LogP) is -11.6. The summed E-state index contributed by atoms with van der Waals surface area (Å²) >= 11 is 0. The van der Waals surface area contributed by atoms with Gasteiger partial charge in [0.15, 0.2) is 0 Å². The van der Waals surface area contributed by atoms with Crippen molar-refractivity contribution >= 4 is 18.3 Å². The second kappa shape index (κ2) is 29.2. The Labute approximate surface area is 129 Å². The van der Waals surface area contributed by atoms with Gasteiger partial charge in [0, 0.05) is 22.3 Å². The standard InChI is InChI=1S/C2H8N2.2Na.H2O3Si.O3Si/c3-1-2-4;;;2*1-4(2)3/h1-4H2;;;1-2H;/q;2*+1;;-2. The summed E-state index contributed by atoms with van der Waals surface area (Å²) in [5, 5.41) is 0. The van der Waals surface area contributed by atoms with Crippen LogP contribution in [0.5, 0.6) is 0 Å². The Morgan fingerprint density at radius 1 is 1.00 bits per heavy atom. The molecule has 14 heavy (non-hydrogen) atoms. The van der Waals surface area contributed by atoms with E-state index in [1.54, 1.807) is 0 Å². The van der Waals surface area contributed by atoms with Crippen LogP contribution in [0.2, 0.25) is 0 Å². The summed E-state index contributed by atoms with van der Waals surface area (Å²) in [5.74, 6) is 0. The second-order valence-corrected chi connectivity index (χ2v) is 2.18. The van der Waals surface area contributed by atoms with Crippen LogP contribution >= 0.6 is 0 Å². The van der Waals surface area contributed by atoms with Gasteiger partial charge in [0.1, 0.15) is 0 Å². The molecule has 0 aromatic carbocycles. The van der Waals surface area contributed by atoms with Crippen molar-refractivity contribution in [2.75, 3.05) is 13.1 Å². The Kier molecular flexibility index (Phi) is 61.5. The SMILES string of the molecule is NCCN.O=[Si](O)O.O=[Si]([O-])[O-].[Na+].[Na+]. The third-order valence-corrected chi connectivity index (χ3v) is 0.167. The van der Waals surface area contributed by atoms with Gasteiger partial charge in [-0.2, -0.15) is 0 Å². The van der Waals surface area contributed by atoms with Crippen molar-refractivity contribution < 1.29 is 87.2 Å². The van der Waals surface area contributed by atoms with E-state index in [4.69, 9.17) is 39.6 Å². The van der Waals surface area contributed by atoms with Gasteiger partial charge in [-0.3, -0.25) is 4.46 Å². The van der Waals surface area contributed by atoms with E-state index < -0.39 is 18.3 Å². The second-order valence-electron chi connectivity index (χ2n) is 1.11. The average Bonchev–Trinajstić information content (AvgIpc) is 1.85. The summed E-state index contributed by atoms with van der Waals surface area (Å²) in [4.78, 5) is 31.4. The molecule has 0 spiro atoms. The molecular weight excluding hydrogens is 250 g/mol. The Bertz CT molecular complexity index is 106. The van der Waals surface area contributed by atoms with Crippen LogP contribution in [0.3, 0.4) is 0 Å². The summed E-state index contributed by atoms with van der Waals surface area (Å²) in [6.45, 7) is 1.19. The molecule has 0 saturated carbocycles. The van der Waals surface area contributed by atoms with E-state index in [-0.39, 0.29) is 59.1 Å². The smallest absolute Gasteiger partial charge is 0.672 e. The van der Waals surface area contributed by atoms with E-state index >= 15 is 0 Å². The topological polar surface area (TPSA) is 173 Å². The van der Waals surface area contributed by atoms with Crippen LogP contribution in [0.1, 0.15) is 0 Å². The molecule has 0 aliphatic rings. The molecule has 6 N–H and O–H groups in total. The van der Waals surface area contributed by atoms with Gasteiger partial charge in [0.2, 0.25) is 0 Å². The van der Waals surface area contributed by atoms with Gasteiger partial charge < -0.3 is 35.1 Å². The molecule has 0 atom stereocenters. The summed E-state index contributed by atoms with van der Waals surface area (Å²) in [7, 11) is -6.76. The zero-order valence-electron chi connectivity index (χ0n) is 8.10. The minimum Gasteiger partial charge on any atom is -0.672 e. The quantitative estimate of drug-likeness (QED) is 0.336. The van der Waals surface area contributed by atoms with Crippen LogP contribution in [-0.4, -0.2) is 41.0 Å². The van der Waals surface area contributed by atoms with E-state index in [0.717, 1.165) is 0 Å². The summed E-state index contributed by atoms with van der Waals surface area (Å²) in [6, 6.07) is 0. The number of hydrogen-bond acceptors (Lipinski definition) is 6. The number of rotatable bonds is 1. The van der Waals surface area contributed by atoms with E-state index in [2.05, 4.69) is 0 Å². The molecule has 0 unspecified atom stereocenters. The maximum Gasteiger partial charge on any atom is 1.00 e. The van der Waals surface area contributed by atoms with Gasteiger partial charge in [0.25, 0.3) is 0 Å². The summed E-state index contributed by atoms with van der Waals surface area (Å²) in [5.41, 5.74) is 9.81. The first-order valence-corrected chi connectivity index (χ1v) is 5.11. The van der Waals surface area contributed by atoms with E-state index in [0.29, 0.717) is 13.1 Å². The van der Waals surface area contributed by atoms with E-state index in [1.165, 1.54) is 0 Å². The van der Waals surface area contributed by atoms with Crippen LogP contribution in [-0.2, 0) is 8.92 Å². The van der Waals surface area contributed by atoms with Crippen LogP contribution in [0.4, 0.5) is 0 Å². The fraction of sp³-hybridized carbons (Fsp3) is 1.00. The summed E-state index contributed by atoms with van der Waals surface area (Å²) < 4.78 is 17.3. The van der Waals surface area contributed by atoms with Gasteiger partial charge in [-0.1, -0.05) is 0 Å². The fourth-order valence-corrected chi connectivity index (χ4v) is 0. The Morgan fingerprint density at radius 3 is 1.07 bits per heavy atom. The third-order valence-electron chi connectivity index (χ3n) is 0.167. The molecule has 0 aromatic heterocycles. The van der Waals surface area contributed by atoms with Gasteiger partial charge in [0.05, 0.1) is 0 Å². The Hall–Kier alpha value is 1.15. The molecule has 74 valence electrons. The number of nitrogens with two attached hydrogens (primary N) is 2. The van der Waals surface area contributed by atoms with Gasteiger partial charge in [-0.05, 0) is 0 Å². The minimum absolute atomic E-state index is 0. The van der Waals surface area contributed by atoms with Gasteiger partial charge in [-0.25, -0.2) is 0 Å². The van der Waals surface area contributed by atoms with E-state index in [9.17, 15) is 0 Å². The maximum absolute atomic E-state index is 8.74. The largest absolute Gasteiger partial charge is 1.00 e. The molecule has 8 nitrogen and oxygen atoms in total. The normalized spacial score (nSPS) is 5.57. The molecule has 0 aliphatic carbocycles. The molecule has 0 rings (SSSR count). The molecule has 0 saturated heterocycles. The van der Waals surface area contributed by atoms with E-state index in [1.807, 2.05) is 0 Å². The molecule has 12 heteroatoms. The van der Waals surface area contributed by atoms with Crippen molar-refractivity contribution in [1.82, 2.24) is 0 Å². The fourth-order valence-electron chi connectivity index (χ4n) is 0. The Morgan fingerprint density at radius 2 is 1.07 bits per heavy atom.